The van der Waals surface area contributed by atoms with Crippen molar-refractivity contribution in [2.45, 2.75) is 77.7 Å². The Balaban J connectivity index is 1.23. The minimum Gasteiger partial charge on any atom is -0.390 e. The van der Waals surface area contributed by atoms with Gasteiger partial charge < -0.3 is 14.8 Å². The van der Waals surface area contributed by atoms with Crippen molar-refractivity contribution in [2.75, 3.05) is 6.61 Å². The lowest BCUT2D eigenvalue weighted by molar-refractivity contribution is -0.200. The number of hydroxylamine groups is 2. The van der Waals surface area contributed by atoms with Crippen molar-refractivity contribution < 1.29 is 29.2 Å². The monoisotopic (exact) mass is 470 g/mol. The molecule has 0 aromatic carbocycles. The van der Waals surface area contributed by atoms with Crippen molar-refractivity contribution in [1.82, 2.24) is 5.06 Å². The smallest absolute Gasteiger partial charge is 0.373 e. The first-order valence-electron chi connectivity index (χ1n) is 12.4. The Morgan fingerprint density at radius 3 is 2.53 bits per heavy atom. The van der Waals surface area contributed by atoms with Crippen LogP contribution in [0.15, 0.2) is 29.0 Å². The van der Waals surface area contributed by atoms with Crippen molar-refractivity contribution in [3.8, 4) is 0 Å². The van der Waals surface area contributed by atoms with Crippen LogP contribution in [0.3, 0.4) is 0 Å². The number of hydrogen-bond acceptors (Lipinski definition) is 7. The molecule has 2 amide bonds. The van der Waals surface area contributed by atoms with Gasteiger partial charge in [-0.15, -0.1) is 5.06 Å². The molecule has 0 spiro atoms. The van der Waals surface area contributed by atoms with Gasteiger partial charge in [0.05, 0.1) is 5.60 Å². The third-order valence-corrected chi connectivity index (χ3v) is 9.68. The van der Waals surface area contributed by atoms with Crippen molar-refractivity contribution in [2.24, 2.45) is 33.7 Å². The summed E-state index contributed by atoms with van der Waals surface area (Å²) in [5.41, 5.74) is 1.37. The summed E-state index contributed by atoms with van der Waals surface area (Å²) in [7, 11) is 0. The number of amides is 2. The normalized spacial score (nSPS) is 42.2. The Labute approximate surface area is 200 Å². The highest BCUT2D eigenvalue weighted by Gasteiger charge is 2.62. The molecular formula is C26H34N2O6. The van der Waals surface area contributed by atoms with Crippen LogP contribution in [0.5, 0.6) is 0 Å². The number of allylic oxidation sites excluding steroid dienone is 4. The Hall–Kier alpha value is -2.48. The molecule has 5 rings (SSSR count). The number of rotatable bonds is 4. The van der Waals surface area contributed by atoms with Gasteiger partial charge in [-0.1, -0.05) is 30.7 Å². The van der Waals surface area contributed by atoms with Crippen LogP contribution in [0.4, 0.5) is 0 Å². The number of imide groups is 1. The maximum atomic E-state index is 11.9. The molecule has 1 saturated heterocycles. The lowest BCUT2D eigenvalue weighted by Crippen LogP contribution is -2.53. The van der Waals surface area contributed by atoms with Gasteiger partial charge in [-0.3, -0.25) is 9.59 Å². The molecule has 3 saturated carbocycles. The van der Waals surface area contributed by atoms with Crippen LogP contribution in [0.2, 0.25) is 0 Å². The summed E-state index contributed by atoms with van der Waals surface area (Å²) >= 11 is 0. The third kappa shape index (κ3) is 3.53. The van der Waals surface area contributed by atoms with Crippen LogP contribution in [-0.2, 0) is 24.1 Å². The van der Waals surface area contributed by atoms with Crippen LogP contribution in [0.1, 0.15) is 72.1 Å². The zero-order valence-corrected chi connectivity index (χ0v) is 20.2. The number of carbonyl (C=O) groups is 3. The molecule has 0 radical (unpaired) electrons. The summed E-state index contributed by atoms with van der Waals surface area (Å²) < 4.78 is 0. The van der Waals surface area contributed by atoms with E-state index in [0.717, 1.165) is 38.5 Å². The second kappa shape index (κ2) is 8.04. The van der Waals surface area contributed by atoms with Gasteiger partial charge in [-0.25, -0.2) is 4.79 Å². The molecule has 1 N–H and O–H groups in total. The minimum atomic E-state index is -0.844. The number of hydrogen-bond donors (Lipinski definition) is 1. The van der Waals surface area contributed by atoms with Crippen LogP contribution in [0, 0.1) is 28.6 Å². The van der Waals surface area contributed by atoms with Gasteiger partial charge in [0, 0.05) is 18.3 Å². The van der Waals surface area contributed by atoms with E-state index in [9.17, 15) is 19.5 Å². The zero-order valence-electron chi connectivity index (χ0n) is 20.2. The van der Waals surface area contributed by atoms with Gasteiger partial charge in [0.25, 0.3) is 11.8 Å². The highest BCUT2D eigenvalue weighted by Crippen LogP contribution is 2.66. The van der Waals surface area contributed by atoms with E-state index in [1.165, 1.54) is 5.57 Å². The Morgan fingerprint density at radius 1 is 1.09 bits per heavy atom. The Kier molecular flexibility index (Phi) is 5.50. The largest absolute Gasteiger partial charge is 0.390 e. The summed E-state index contributed by atoms with van der Waals surface area (Å²) in [4.78, 5) is 45.0. The van der Waals surface area contributed by atoms with Crippen LogP contribution >= 0.6 is 0 Å². The fraction of sp³-hybridized carbons (Fsp3) is 0.692. The molecule has 8 heteroatoms. The first-order chi connectivity index (χ1) is 16.0. The molecule has 8 nitrogen and oxygen atoms in total. The molecule has 34 heavy (non-hydrogen) atoms. The molecule has 3 unspecified atom stereocenters. The standard InChI is InChI=1S/C26H34N2O6/c1-24-11-8-17(27-33-15-23(31)34-28-21(29)6-7-22(28)30)14-16(24)4-5-18-19(24)9-12-25(2)20(18)10-13-26(25,3)32/h8,11,14,18-20,32H,4-7,9-10,12-13,15H2,1-3H3/b27-17+/t18?,19?,20?,24-,25-,26-/m0/s1. The molecule has 1 aliphatic heterocycles. The predicted octanol–water partition coefficient (Wildman–Crippen LogP) is 3.46. The van der Waals surface area contributed by atoms with E-state index >= 15 is 0 Å². The quantitative estimate of drug-likeness (QED) is 0.498. The number of fused-ring (bicyclic) bond motifs is 5. The maximum Gasteiger partial charge on any atom is 0.373 e. The highest BCUT2D eigenvalue weighted by molar-refractivity contribution is 6.05. The second-order valence-corrected chi connectivity index (χ2v) is 11.3. The number of carbonyl (C=O) groups excluding carboxylic acids is 3. The lowest BCUT2D eigenvalue weighted by Gasteiger charge is -2.58. The Morgan fingerprint density at radius 2 is 1.79 bits per heavy atom. The van der Waals surface area contributed by atoms with Crippen molar-refractivity contribution in [1.29, 1.82) is 0 Å². The predicted molar refractivity (Wildman–Crippen MR) is 123 cm³/mol. The highest BCUT2D eigenvalue weighted by atomic mass is 16.7. The molecule has 4 fully saturated rings. The summed E-state index contributed by atoms with van der Waals surface area (Å²) in [5.74, 6) is -0.175. The summed E-state index contributed by atoms with van der Waals surface area (Å²) in [6.07, 6.45) is 12.6. The molecule has 5 aliphatic rings. The first-order valence-corrected chi connectivity index (χ1v) is 12.4. The molecular weight excluding hydrogens is 436 g/mol. The van der Waals surface area contributed by atoms with Gasteiger partial charge in [-0.05, 0) is 80.8 Å². The van der Waals surface area contributed by atoms with Crippen LogP contribution < -0.4 is 0 Å². The number of oxime groups is 1. The second-order valence-electron chi connectivity index (χ2n) is 11.3. The summed E-state index contributed by atoms with van der Waals surface area (Å²) in [6.45, 7) is 6.16. The van der Waals surface area contributed by atoms with E-state index in [-0.39, 0.29) is 23.7 Å². The van der Waals surface area contributed by atoms with Gasteiger partial charge >= 0.3 is 5.97 Å². The molecule has 1 heterocycles. The summed E-state index contributed by atoms with van der Waals surface area (Å²) in [6, 6.07) is 0. The van der Waals surface area contributed by atoms with Crippen LogP contribution in [0.25, 0.3) is 0 Å². The van der Waals surface area contributed by atoms with E-state index in [1.807, 2.05) is 13.0 Å². The average Bonchev–Trinajstić information content (AvgIpc) is 3.23. The maximum absolute atomic E-state index is 11.9. The van der Waals surface area contributed by atoms with Gasteiger partial charge in [0.15, 0.2) is 0 Å². The molecule has 6 atom stereocenters. The molecule has 0 aromatic rings. The van der Waals surface area contributed by atoms with Crippen molar-refractivity contribution in [3.63, 3.8) is 0 Å². The van der Waals surface area contributed by atoms with Gasteiger partial charge in [-0.2, -0.15) is 0 Å². The van der Waals surface area contributed by atoms with E-state index < -0.39 is 30.0 Å². The lowest BCUT2D eigenvalue weighted by atomic mass is 9.47. The van der Waals surface area contributed by atoms with E-state index in [1.54, 1.807) is 0 Å². The molecule has 0 aromatic heterocycles. The van der Waals surface area contributed by atoms with Crippen molar-refractivity contribution >= 4 is 23.5 Å². The van der Waals surface area contributed by atoms with Crippen molar-refractivity contribution in [3.05, 3.63) is 23.8 Å². The first kappa shape index (κ1) is 23.3. The average molecular weight is 471 g/mol. The number of nitrogens with zero attached hydrogens (tertiary/aromatic N) is 2. The molecule has 184 valence electrons. The topological polar surface area (TPSA) is 106 Å². The summed E-state index contributed by atoms with van der Waals surface area (Å²) in [5, 5.41) is 15.7. The fourth-order valence-corrected chi connectivity index (χ4v) is 7.45. The van der Waals surface area contributed by atoms with E-state index in [0.29, 0.717) is 28.5 Å². The van der Waals surface area contributed by atoms with E-state index in [2.05, 4.69) is 31.2 Å². The van der Waals surface area contributed by atoms with Gasteiger partial charge in [0.1, 0.15) is 5.71 Å². The fourth-order valence-electron chi connectivity index (χ4n) is 7.45. The van der Waals surface area contributed by atoms with Gasteiger partial charge in [0.2, 0.25) is 6.61 Å². The molecule has 0 bridgehead atoms. The Bertz CT molecular complexity index is 997. The molecule has 4 aliphatic carbocycles. The number of aliphatic hydroxyl groups is 1. The minimum absolute atomic E-state index is 0.00346. The zero-order chi connectivity index (χ0) is 24.3. The third-order valence-electron chi connectivity index (χ3n) is 9.68. The van der Waals surface area contributed by atoms with Crippen LogP contribution in [-0.4, -0.2) is 45.9 Å². The van der Waals surface area contributed by atoms with E-state index in [4.69, 9.17) is 9.68 Å². The SMILES string of the molecule is C[C@]12C=C/C(=N\OCC(=O)ON3C(=O)CCC3=O)C=C1CCC1C2CC[C@@]2(C)C1CC[C@]2(C)O.